The van der Waals surface area contributed by atoms with Crippen LogP contribution >= 0.6 is 22.9 Å². The minimum atomic E-state index is -0.217. The van der Waals surface area contributed by atoms with Crippen molar-refractivity contribution in [2.75, 3.05) is 0 Å². The maximum absolute atomic E-state index is 11.8. The Bertz CT molecular complexity index is 556. The van der Waals surface area contributed by atoms with Crippen molar-refractivity contribution < 1.29 is 4.79 Å². The molecule has 4 nitrogen and oxygen atoms in total. The van der Waals surface area contributed by atoms with Crippen LogP contribution in [0.15, 0.2) is 29.6 Å². The minimum absolute atomic E-state index is 0.217. The van der Waals surface area contributed by atoms with Gasteiger partial charge in [0, 0.05) is 23.5 Å². The summed E-state index contributed by atoms with van der Waals surface area (Å²) in [4.78, 5) is 15.9. The quantitative estimate of drug-likeness (QED) is 0.903. The van der Waals surface area contributed by atoms with E-state index >= 15 is 0 Å². The maximum Gasteiger partial charge on any atom is 0.271 e. The van der Waals surface area contributed by atoms with Crippen LogP contribution in [0.4, 0.5) is 0 Å². The molecule has 1 amide bonds. The molecular weight excluding hydrogens is 270 g/mol. The Morgan fingerprint density at radius 3 is 2.89 bits per heavy atom. The van der Waals surface area contributed by atoms with E-state index in [0.29, 0.717) is 23.8 Å². The predicted molar refractivity (Wildman–Crippen MR) is 72.6 cm³/mol. The molecule has 0 atom stereocenters. The van der Waals surface area contributed by atoms with Crippen LogP contribution in [0.25, 0.3) is 0 Å². The molecule has 1 heterocycles. The second-order valence-electron chi connectivity index (χ2n) is 3.60. The van der Waals surface area contributed by atoms with Gasteiger partial charge in [0.2, 0.25) is 0 Å². The summed E-state index contributed by atoms with van der Waals surface area (Å²) in [6.07, 6.45) is 0. The van der Waals surface area contributed by atoms with Crippen molar-refractivity contribution in [1.82, 2.24) is 10.3 Å². The first-order valence-corrected chi connectivity index (χ1v) is 6.62. The SMILES string of the molecule is NCc1nc(C(=O)NCc2ccccc2Cl)cs1. The van der Waals surface area contributed by atoms with Crippen molar-refractivity contribution in [3.8, 4) is 0 Å². The lowest BCUT2D eigenvalue weighted by Crippen LogP contribution is -2.23. The fourth-order valence-corrected chi connectivity index (χ4v) is 2.27. The third-order valence-electron chi connectivity index (χ3n) is 2.36. The average molecular weight is 282 g/mol. The van der Waals surface area contributed by atoms with Crippen molar-refractivity contribution in [2.45, 2.75) is 13.1 Å². The first kappa shape index (κ1) is 13.0. The molecule has 0 saturated carbocycles. The number of carbonyl (C=O) groups is 1. The highest BCUT2D eigenvalue weighted by Gasteiger charge is 2.10. The van der Waals surface area contributed by atoms with E-state index < -0.39 is 0 Å². The number of carbonyl (C=O) groups excluding carboxylic acids is 1. The van der Waals surface area contributed by atoms with Crippen LogP contribution < -0.4 is 11.1 Å². The molecule has 94 valence electrons. The van der Waals surface area contributed by atoms with Crippen LogP contribution in [0.5, 0.6) is 0 Å². The summed E-state index contributed by atoms with van der Waals surface area (Å²) in [5.74, 6) is -0.217. The van der Waals surface area contributed by atoms with Crippen molar-refractivity contribution >= 4 is 28.8 Å². The molecule has 0 spiro atoms. The molecule has 1 aromatic carbocycles. The van der Waals surface area contributed by atoms with E-state index in [2.05, 4.69) is 10.3 Å². The Hall–Kier alpha value is -1.43. The molecule has 0 aliphatic heterocycles. The molecule has 3 N–H and O–H groups in total. The normalized spacial score (nSPS) is 10.3. The highest BCUT2D eigenvalue weighted by molar-refractivity contribution is 7.09. The Morgan fingerprint density at radius 1 is 1.44 bits per heavy atom. The number of aromatic nitrogens is 1. The van der Waals surface area contributed by atoms with E-state index in [0.717, 1.165) is 10.6 Å². The van der Waals surface area contributed by atoms with Crippen LogP contribution in [-0.2, 0) is 13.1 Å². The van der Waals surface area contributed by atoms with Gasteiger partial charge in [-0.3, -0.25) is 4.79 Å². The van der Waals surface area contributed by atoms with E-state index in [1.807, 2.05) is 18.2 Å². The Kier molecular flexibility index (Phi) is 4.30. The maximum atomic E-state index is 11.8. The highest BCUT2D eigenvalue weighted by atomic mass is 35.5. The number of rotatable bonds is 4. The lowest BCUT2D eigenvalue weighted by Gasteiger charge is -2.05. The van der Waals surface area contributed by atoms with Gasteiger partial charge in [-0.1, -0.05) is 29.8 Å². The van der Waals surface area contributed by atoms with Gasteiger partial charge in [-0.05, 0) is 11.6 Å². The monoisotopic (exact) mass is 281 g/mol. The summed E-state index contributed by atoms with van der Waals surface area (Å²) in [6, 6.07) is 7.39. The molecule has 0 unspecified atom stereocenters. The summed E-state index contributed by atoms with van der Waals surface area (Å²) in [5, 5.41) is 5.86. The van der Waals surface area contributed by atoms with E-state index in [1.54, 1.807) is 11.4 Å². The molecule has 0 saturated heterocycles. The zero-order valence-electron chi connectivity index (χ0n) is 9.52. The molecule has 2 rings (SSSR count). The largest absolute Gasteiger partial charge is 0.347 e. The lowest BCUT2D eigenvalue weighted by atomic mass is 10.2. The molecule has 1 aromatic heterocycles. The molecule has 0 aliphatic rings. The van der Waals surface area contributed by atoms with Gasteiger partial charge in [-0.15, -0.1) is 11.3 Å². The van der Waals surface area contributed by atoms with Gasteiger partial charge in [-0.25, -0.2) is 4.98 Å². The summed E-state index contributed by atoms with van der Waals surface area (Å²) >= 11 is 7.38. The van der Waals surface area contributed by atoms with E-state index in [9.17, 15) is 4.79 Å². The van der Waals surface area contributed by atoms with Gasteiger partial charge in [0.15, 0.2) is 0 Å². The zero-order valence-corrected chi connectivity index (χ0v) is 11.1. The summed E-state index contributed by atoms with van der Waals surface area (Å²) in [6.45, 7) is 0.733. The van der Waals surface area contributed by atoms with E-state index in [-0.39, 0.29) is 5.91 Å². The number of benzene rings is 1. The van der Waals surface area contributed by atoms with E-state index in [1.165, 1.54) is 11.3 Å². The zero-order chi connectivity index (χ0) is 13.0. The molecule has 0 aliphatic carbocycles. The van der Waals surface area contributed by atoms with Crippen molar-refractivity contribution in [2.24, 2.45) is 5.73 Å². The van der Waals surface area contributed by atoms with Crippen molar-refractivity contribution in [1.29, 1.82) is 0 Å². The van der Waals surface area contributed by atoms with Gasteiger partial charge < -0.3 is 11.1 Å². The fourth-order valence-electron chi connectivity index (χ4n) is 1.42. The fraction of sp³-hybridized carbons (Fsp3) is 0.167. The average Bonchev–Trinajstić information content (AvgIpc) is 2.86. The van der Waals surface area contributed by atoms with Crippen molar-refractivity contribution in [3.63, 3.8) is 0 Å². The third kappa shape index (κ3) is 3.07. The Balaban J connectivity index is 1.98. The molecule has 2 aromatic rings. The molecule has 6 heteroatoms. The second kappa shape index (κ2) is 5.95. The number of hydrogen-bond acceptors (Lipinski definition) is 4. The predicted octanol–water partition coefficient (Wildman–Crippen LogP) is 2.19. The number of amides is 1. The Morgan fingerprint density at radius 2 is 2.22 bits per heavy atom. The third-order valence-corrected chi connectivity index (χ3v) is 3.60. The molecule has 0 radical (unpaired) electrons. The number of nitrogens with two attached hydrogens (primary N) is 1. The minimum Gasteiger partial charge on any atom is -0.347 e. The van der Waals surface area contributed by atoms with Gasteiger partial charge in [0.1, 0.15) is 10.7 Å². The molecule has 0 bridgehead atoms. The number of halogens is 1. The van der Waals surface area contributed by atoms with E-state index in [4.69, 9.17) is 17.3 Å². The van der Waals surface area contributed by atoms with Gasteiger partial charge >= 0.3 is 0 Å². The number of thiazole rings is 1. The van der Waals surface area contributed by atoms with Crippen LogP contribution in [0, 0.1) is 0 Å². The number of hydrogen-bond donors (Lipinski definition) is 2. The summed E-state index contributed by atoms with van der Waals surface area (Å²) < 4.78 is 0. The molecule has 18 heavy (non-hydrogen) atoms. The van der Waals surface area contributed by atoms with Gasteiger partial charge in [0.25, 0.3) is 5.91 Å². The van der Waals surface area contributed by atoms with Crippen LogP contribution in [0.3, 0.4) is 0 Å². The summed E-state index contributed by atoms with van der Waals surface area (Å²) in [5.41, 5.74) is 6.72. The first-order valence-electron chi connectivity index (χ1n) is 5.37. The van der Waals surface area contributed by atoms with Gasteiger partial charge in [-0.2, -0.15) is 0 Å². The smallest absolute Gasteiger partial charge is 0.271 e. The summed E-state index contributed by atoms with van der Waals surface area (Å²) in [7, 11) is 0. The highest BCUT2D eigenvalue weighted by Crippen LogP contribution is 2.15. The van der Waals surface area contributed by atoms with Crippen LogP contribution in [0.1, 0.15) is 21.1 Å². The van der Waals surface area contributed by atoms with Crippen molar-refractivity contribution in [3.05, 3.63) is 50.9 Å². The van der Waals surface area contributed by atoms with Crippen LogP contribution in [-0.4, -0.2) is 10.9 Å². The van der Waals surface area contributed by atoms with Gasteiger partial charge in [0.05, 0.1) is 0 Å². The number of nitrogens with one attached hydrogen (secondary N) is 1. The molecule has 0 fully saturated rings. The number of nitrogens with zero attached hydrogens (tertiary/aromatic N) is 1. The molecular formula is C12H12ClN3OS. The lowest BCUT2D eigenvalue weighted by molar-refractivity contribution is 0.0946. The first-order chi connectivity index (χ1) is 8.70. The second-order valence-corrected chi connectivity index (χ2v) is 4.95. The Labute approximate surface area is 114 Å². The standard InChI is InChI=1S/C12H12ClN3OS/c13-9-4-2-1-3-8(9)6-15-12(17)10-7-18-11(5-14)16-10/h1-4,7H,5-6,14H2,(H,15,17). The van der Waals surface area contributed by atoms with Crippen LogP contribution in [0.2, 0.25) is 5.02 Å². The topological polar surface area (TPSA) is 68.0 Å².